The first-order valence-corrected chi connectivity index (χ1v) is 4.96. The number of hydrogen-bond acceptors (Lipinski definition) is 4. The van der Waals surface area contributed by atoms with Crippen LogP contribution in [0, 0.1) is 6.92 Å². The van der Waals surface area contributed by atoms with E-state index < -0.39 is 10.1 Å². The van der Waals surface area contributed by atoms with Crippen molar-refractivity contribution in [2.45, 2.75) is 11.8 Å². The number of methoxy groups -OCH3 is 1. The topological polar surface area (TPSA) is 66.4 Å². The van der Waals surface area contributed by atoms with E-state index in [9.17, 15) is 13.0 Å². The fraction of sp³-hybridized carbons (Fsp3) is 0.250. The van der Waals surface area contributed by atoms with Crippen LogP contribution in [0.5, 0.6) is 5.75 Å². The minimum Gasteiger partial charge on any atom is -0.744 e. The number of ether oxygens (including phenoxy) is 1. The molecule has 0 radical (unpaired) electrons. The van der Waals surface area contributed by atoms with Crippen molar-refractivity contribution in [3.63, 3.8) is 0 Å². The van der Waals surface area contributed by atoms with E-state index >= 15 is 0 Å². The third-order valence-corrected chi connectivity index (χ3v) is 2.64. The van der Waals surface area contributed by atoms with E-state index in [0.29, 0.717) is 11.3 Å². The zero-order chi connectivity index (χ0) is 10.1. The van der Waals surface area contributed by atoms with E-state index in [1.807, 2.05) is 0 Å². The van der Waals surface area contributed by atoms with Gasteiger partial charge in [0.25, 0.3) is 0 Å². The monoisotopic (exact) mass is 224 g/mol. The maximum absolute atomic E-state index is 10.7. The van der Waals surface area contributed by atoms with Gasteiger partial charge in [-0.15, -0.1) is 0 Å². The maximum Gasteiger partial charge on any atom is 1.00 e. The van der Waals surface area contributed by atoms with Crippen LogP contribution in [0.4, 0.5) is 0 Å². The van der Waals surface area contributed by atoms with Gasteiger partial charge in [0.1, 0.15) is 15.9 Å². The van der Waals surface area contributed by atoms with E-state index in [1.54, 1.807) is 13.0 Å². The summed E-state index contributed by atoms with van der Waals surface area (Å²) in [6.45, 7) is 1.56. The zero-order valence-corrected chi connectivity index (χ0v) is 11.1. The SMILES string of the molecule is COc1ccc(C)c(S(=O)(=O)[O-])c1.[Na+]. The number of rotatable bonds is 2. The standard InChI is InChI=1S/C8H10O4S.Na/c1-6-3-4-7(12-2)5-8(6)13(9,10)11;/h3-5H,1-2H3,(H,9,10,11);/q;+1/p-1. The van der Waals surface area contributed by atoms with Crippen molar-refractivity contribution in [2.75, 3.05) is 7.11 Å². The molecule has 0 bridgehead atoms. The van der Waals surface area contributed by atoms with Crippen molar-refractivity contribution in [2.24, 2.45) is 0 Å². The summed E-state index contributed by atoms with van der Waals surface area (Å²) < 4.78 is 36.9. The van der Waals surface area contributed by atoms with Crippen molar-refractivity contribution in [3.05, 3.63) is 23.8 Å². The van der Waals surface area contributed by atoms with Gasteiger partial charge < -0.3 is 9.29 Å². The second-order valence-corrected chi connectivity index (χ2v) is 3.93. The zero-order valence-electron chi connectivity index (χ0n) is 8.27. The van der Waals surface area contributed by atoms with Gasteiger partial charge in [0.2, 0.25) is 0 Å². The maximum atomic E-state index is 10.7. The molecular formula is C8H9NaO4S. The van der Waals surface area contributed by atoms with Gasteiger partial charge in [-0.1, -0.05) is 6.07 Å². The summed E-state index contributed by atoms with van der Waals surface area (Å²) >= 11 is 0. The molecule has 0 heterocycles. The summed E-state index contributed by atoms with van der Waals surface area (Å²) in [7, 11) is -2.99. The van der Waals surface area contributed by atoms with Gasteiger partial charge in [-0.05, 0) is 24.6 Å². The van der Waals surface area contributed by atoms with Crippen LogP contribution in [0.2, 0.25) is 0 Å². The quantitative estimate of drug-likeness (QED) is 0.427. The Morgan fingerprint density at radius 2 is 1.93 bits per heavy atom. The van der Waals surface area contributed by atoms with Crippen molar-refractivity contribution in [1.82, 2.24) is 0 Å². The smallest absolute Gasteiger partial charge is 0.744 e. The van der Waals surface area contributed by atoms with Crippen LogP contribution >= 0.6 is 0 Å². The Labute approximate surface area is 105 Å². The third-order valence-electron chi connectivity index (χ3n) is 1.66. The van der Waals surface area contributed by atoms with Crippen molar-refractivity contribution in [3.8, 4) is 5.75 Å². The molecule has 0 fully saturated rings. The molecule has 4 nitrogen and oxygen atoms in total. The molecule has 0 aliphatic rings. The van der Waals surface area contributed by atoms with Gasteiger partial charge >= 0.3 is 29.6 Å². The minimum absolute atomic E-state index is 0. The number of hydrogen-bond donors (Lipinski definition) is 0. The predicted molar refractivity (Wildman–Crippen MR) is 45.7 cm³/mol. The van der Waals surface area contributed by atoms with E-state index in [2.05, 4.69) is 0 Å². The Bertz CT molecular complexity index is 413. The second kappa shape index (κ2) is 5.14. The van der Waals surface area contributed by atoms with Crippen LogP contribution in [-0.2, 0) is 10.1 Å². The third kappa shape index (κ3) is 3.25. The average molecular weight is 224 g/mol. The Morgan fingerprint density at radius 1 is 1.36 bits per heavy atom. The summed E-state index contributed by atoms with van der Waals surface area (Å²) in [4.78, 5) is -0.230. The van der Waals surface area contributed by atoms with Crippen LogP contribution in [0.25, 0.3) is 0 Å². The van der Waals surface area contributed by atoms with Gasteiger partial charge in [0.05, 0.1) is 12.0 Å². The van der Waals surface area contributed by atoms with E-state index in [1.165, 1.54) is 19.2 Å². The van der Waals surface area contributed by atoms with Crippen LogP contribution in [-0.4, -0.2) is 20.1 Å². The van der Waals surface area contributed by atoms with E-state index in [4.69, 9.17) is 4.74 Å². The molecule has 0 aromatic heterocycles. The van der Waals surface area contributed by atoms with E-state index in [0.717, 1.165) is 0 Å². The molecule has 14 heavy (non-hydrogen) atoms. The molecule has 0 atom stereocenters. The van der Waals surface area contributed by atoms with Crippen LogP contribution in [0.3, 0.4) is 0 Å². The second-order valence-electron chi connectivity index (χ2n) is 2.59. The predicted octanol–water partition coefficient (Wildman–Crippen LogP) is -2.09. The number of benzene rings is 1. The Hall–Kier alpha value is -0.0700. The van der Waals surface area contributed by atoms with Gasteiger partial charge in [-0.2, -0.15) is 0 Å². The van der Waals surface area contributed by atoms with Gasteiger partial charge in [-0.3, -0.25) is 0 Å². The normalized spacial score (nSPS) is 10.5. The fourth-order valence-electron chi connectivity index (χ4n) is 0.977. The van der Waals surface area contributed by atoms with E-state index in [-0.39, 0.29) is 34.5 Å². The van der Waals surface area contributed by atoms with Crippen LogP contribution in [0.15, 0.2) is 23.1 Å². The first-order chi connectivity index (χ1) is 5.95. The largest absolute Gasteiger partial charge is 1.00 e. The van der Waals surface area contributed by atoms with Crippen molar-refractivity contribution >= 4 is 10.1 Å². The molecule has 6 heteroatoms. The molecule has 1 aromatic carbocycles. The molecule has 0 aliphatic heterocycles. The van der Waals surface area contributed by atoms with Gasteiger partial charge in [0, 0.05) is 0 Å². The molecule has 0 unspecified atom stereocenters. The summed E-state index contributed by atoms with van der Waals surface area (Å²) in [5.41, 5.74) is 0.427. The van der Waals surface area contributed by atoms with Gasteiger partial charge in [-0.25, -0.2) is 8.42 Å². The molecule has 0 saturated carbocycles. The fourth-order valence-corrected chi connectivity index (χ4v) is 1.70. The first-order valence-electron chi connectivity index (χ1n) is 3.55. The molecule has 1 rings (SSSR count). The van der Waals surface area contributed by atoms with Crippen molar-refractivity contribution in [1.29, 1.82) is 0 Å². The summed E-state index contributed by atoms with van der Waals surface area (Å²) in [6, 6.07) is 4.35. The molecule has 72 valence electrons. The molecule has 1 aromatic rings. The molecule has 0 spiro atoms. The van der Waals surface area contributed by atoms with Crippen LogP contribution < -0.4 is 34.3 Å². The molecule has 0 saturated heterocycles. The average Bonchev–Trinajstić information content (AvgIpc) is 2.03. The summed E-state index contributed by atoms with van der Waals surface area (Å²) in [5, 5.41) is 0. The van der Waals surface area contributed by atoms with Gasteiger partial charge in [0.15, 0.2) is 0 Å². The molecule has 0 aliphatic carbocycles. The van der Waals surface area contributed by atoms with Crippen molar-refractivity contribution < 1.29 is 47.3 Å². The summed E-state index contributed by atoms with van der Waals surface area (Å²) in [6.07, 6.45) is 0. The Kier molecular flexibility index (Phi) is 5.11. The first kappa shape index (κ1) is 13.9. The summed E-state index contributed by atoms with van der Waals surface area (Å²) in [5.74, 6) is 0.361. The number of aryl methyl sites for hydroxylation is 1. The Morgan fingerprint density at radius 3 is 2.36 bits per heavy atom. The minimum atomic E-state index is -4.40. The molecule has 0 amide bonds. The molecule has 0 N–H and O–H groups in total. The molecular weight excluding hydrogens is 215 g/mol. The Balaban J connectivity index is 0.00000169. The van der Waals surface area contributed by atoms with Crippen LogP contribution in [0.1, 0.15) is 5.56 Å².